The fraction of sp³-hybridized carbons (Fsp3) is 0.692. The lowest BCUT2D eigenvalue weighted by molar-refractivity contribution is 0.348. The second-order valence-corrected chi connectivity index (χ2v) is 5.47. The Morgan fingerprint density at radius 1 is 1.39 bits per heavy atom. The maximum absolute atomic E-state index is 5.64. The SMILES string of the molecule is COc1cc(NCC2CC3CCC2C3)nc(N)n1. The molecule has 0 aliphatic heterocycles. The Kier molecular flexibility index (Phi) is 2.97. The summed E-state index contributed by atoms with van der Waals surface area (Å²) in [6, 6.07) is 1.80. The molecule has 0 amide bonds. The molecule has 1 aromatic heterocycles. The van der Waals surface area contributed by atoms with Crippen LogP contribution in [0.2, 0.25) is 0 Å². The largest absolute Gasteiger partial charge is 0.481 e. The Balaban J connectivity index is 1.61. The Labute approximate surface area is 107 Å². The lowest BCUT2D eigenvalue weighted by Gasteiger charge is -2.22. The zero-order chi connectivity index (χ0) is 12.5. The second-order valence-electron chi connectivity index (χ2n) is 5.47. The standard InChI is InChI=1S/C13H20N4O/c1-18-12-6-11(16-13(14)17-12)15-7-10-5-8-2-3-9(10)4-8/h6,8-10H,2-5,7H2,1H3,(H3,14,15,16,17). The van der Waals surface area contributed by atoms with Crippen molar-refractivity contribution in [2.45, 2.75) is 25.7 Å². The van der Waals surface area contributed by atoms with Gasteiger partial charge in [0.25, 0.3) is 0 Å². The van der Waals surface area contributed by atoms with Gasteiger partial charge in [-0.15, -0.1) is 0 Å². The van der Waals surface area contributed by atoms with E-state index in [9.17, 15) is 0 Å². The van der Waals surface area contributed by atoms with E-state index >= 15 is 0 Å². The second kappa shape index (κ2) is 4.63. The minimum absolute atomic E-state index is 0.254. The molecule has 2 fully saturated rings. The van der Waals surface area contributed by atoms with Gasteiger partial charge in [0, 0.05) is 12.6 Å². The molecule has 18 heavy (non-hydrogen) atoms. The number of fused-ring (bicyclic) bond motifs is 2. The number of hydrogen-bond donors (Lipinski definition) is 2. The van der Waals surface area contributed by atoms with Crippen molar-refractivity contribution in [2.24, 2.45) is 17.8 Å². The average molecular weight is 248 g/mol. The monoisotopic (exact) mass is 248 g/mol. The van der Waals surface area contributed by atoms with Crippen molar-refractivity contribution in [1.29, 1.82) is 0 Å². The molecular weight excluding hydrogens is 228 g/mol. The number of nitrogen functional groups attached to an aromatic ring is 1. The van der Waals surface area contributed by atoms with Crippen LogP contribution in [0.15, 0.2) is 6.07 Å². The lowest BCUT2D eigenvalue weighted by Crippen LogP contribution is -2.20. The summed E-state index contributed by atoms with van der Waals surface area (Å²) < 4.78 is 5.09. The summed E-state index contributed by atoms with van der Waals surface area (Å²) in [5.41, 5.74) is 5.64. The first-order valence-corrected chi connectivity index (χ1v) is 6.67. The van der Waals surface area contributed by atoms with Crippen molar-refractivity contribution in [3.8, 4) is 5.88 Å². The van der Waals surface area contributed by atoms with E-state index in [0.717, 1.165) is 30.1 Å². The van der Waals surface area contributed by atoms with Crippen LogP contribution in [0.1, 0.15) is 25.7 Å². The normalized spacial score (nSPS) is 29.5. The van der Waals surface area contributed by atoms with Gasteiger partial charge in [0.2, 0.25) is 11.8 Å². The highest BCUT2D eigenvalue weighted by molar-refractivity contribution is 5.42. The number of nitrogens with two attached hydrogens (primary N) is 1. The first-order valence-electron chi connectivity index (χ1n) is 6.67. The van der Waals surface area contributed by atoms with Crippen LogP contribution in [-0.4, -0.2) is 23.6 Å². The molecule has 2 aliphatic rings. The third-order valence-electron chi connectivity index (χ3n) is 4.36. The zero-order valence-electron chi connectivity index (χ0n) is 10.7. The maximum Gasteiger partial charge on any atom is 0.225 e. The Morgan fingerprint density at radius 2 is 2.28 bits per heavy atom. The van der Waals surface area contributed by atoms with Crippen molar-refractivity contribution in [2.75, 3.05) is 24.7 Å². The van der Waals surface area contributed by atoms with E-state index in [1.165, 1.54) is 25.7 Å². The molecule has 1 heterocycles. The topological polar surface area (TPSA) is 73.1 Å². The summed E-state index contributed by atoms with van der Waals surface area (Å²) in [5, 5.41) is 3.38. The maximum atomic E-state index is 5.64. The molecule has 3 unspecified atom stereocenters. The highest BCUT2D eigenvalue weighted by Gasteiger charge is 2.39. The Hall–Kier alpha value is -1.52. The molecule has 0 aromatic carbocycles. The van der Waals surface area contributed by atoms with Gasteiger partial charge >= 0.3 is 0 Å². The summed E-state index contributed by atoms with van der Waals surface area (Å²) in [5.74, 6) is 4.23. The van der Waals surface area contributed by atoms with Gasteiger partial charge in [-0.3, -0.25) is 0 Å². The number of ether oxygens (including phenoxy) is 1. The van der Waals surface area contributed by atoms with Gasteiger partial charge in [0.05, 0.1) is 7.11 Å². The first kappa shape index (κ1) is 11.6. The smallest absolute Gasteiger partial charge is 0.225 e. The molecule has 2 saturated carbocycles. The number of nitrogens with one attached hydrogen (secondary N) is 1. The van der Waals surface area contributed by atoms with E-state index in [4.69, 9.17) is 10.5 Å². The van der Waals surface area contributed by atoms with Gasteiger partial charge in [-0.25, -0.2) is 0 Å². The van der Waals surface area contributed by atoms with E-state index in [2.05, 4.69) is 15.3 Å². The summed E-state index contributed by atoms with van der Waals surface area (Å²) in [7, 11) is 1.58. The van der Waals surface area contributed by atoms with Crippen LogP contribution in [0.5, 0.6) is 5.88 Å². The number of nitrogens with zero attached hydrogens (tertiary/aromatic N) is 2. The molecule has 0 saturated heterocycles. The predicted octanol–water partition coefficient (Wildman–Crippen LogP) is 1.92. The van der Waals surface area contributed by atoms with Crippen molar-refractivity contribution < 1.29 is 4.74 Å². The van der Waals surface area contributed by atoms with E-state index in [0.29, 0.717) is 5.88 Å². The summed E-state index contributed by atoms with van der Waals surface area (Å²) in [6.45, 7) is 0.987. The van der Waals surface area contributed by atoms with Crippen LogP contribution in [0.3, 0.4) is 0 Å². The van der Waals surface area contributed by atoms with Crippen molar-refractivity contribution in [3.63, 3.8) is 0 Å². The minimum atomic E-state index is 0.254. The third-order valence-corrected chi connectivity index (χ3v) is 4.36. The van der Waals surface area contributed by atoms with E-state index < -0.39 is 0 Å². The van der Waals surface area contributed by atoms with Gasteiger partial charge in [-0.2, -0.15) is 9.97 Å². The molecule has 98 valence electrons. The number of methoxy groups -OCH3 is 1. The first-order chi connectivity index (χ1) is 8.74. The highest BCUT2D eigenvalue weighted by atomic mass is 16.5. The molecule has 3 N–H and O–H groups in total. The summed E-state index contributed by atoms with van der Waals surface area (Å²) in [4.78, 5) is 8.16. The molecule has 0 radical (unpaired) electrons. The van der Waals surface area contributed by atoms with Gasteiger partial charge < -0.3 is 15.8 Å². The van der Waals surface area contributed by atoms with E-state index in [1.54, 1.807) is 13.2 Å². The molecule has 2 aliphatic carbocycles. The van der Waals surface area contributed by atoms with Gasteiger partial charge in [-0.1, -0.05) is 6.42 Å². The lowest BCUT2D eigenvalue weighted by atomic mass is 9.89. The number of hydrogen-bond acceptors (Lipinski definition) is 5. The van der Waals surface area contributed by atoms with E-state index in [-0.39, 0.29) is 5.95 Å². The molecule has 3 atom stereocenters. The van der Waals surface area contributed by atoms with Crippen LogP contribution in [0.4, 0.5) is 11.8 Å². The summed E-state index contributed by atoms with van der Waals surface area (Å²) in [6.07, 6.45) is 5.65. The fourth-order valence-electron chi connectivity index (χ4n) is 3.50. The average Bonchev–Trinajstić information content (AvgIpc) is 2.97. The molecular formula is C13H20N4O. The molecule has 1 aromatic rings. The molecule has 2 bridgehead atoms. The quantitative estimate of drug-likeness (QED) is 0.851. The van der Waals surface area contributed by atoms with Gasteiger partial charge in [-0.05, 0) is 37.0 Å². The fourth-order valence-corrected chi connectivity index (χ4v) is 3.50. The van der Waals surface area contributed by atoms with Crippen LogP contribution >= 0.6 is 0 Å². The molecule has 5 heteroatoms. The van der Waals surface area contributed by atoms with Gasteiger partial charge in [0.1, 0.15) is 5.82 Å². The van der Waals surface area contributed by atoms with Crippen LogP contribution in [-0.2, 0) is 0 Å². The number of anilines is 2. The third kappa shape index (κ3) is 2.21. The van der Waals surface area contributed by atoms with Gasteiger partial charge in [0.15, 0.2) is 0 Å². The van der Waals surface area contributed by atoms with Crippen molar-refractivity contribution in [3.05, 3.63) is 6.07 Å². The van der Waals surface area contributed by atoms with Crippen LogP contribution in [0, 0.1) is 17.8 Å². The highest BCUT2D eigenvalue weighted by Crippen LogP contribution is 2.48. The van der Waals surface area contributed by atoms with Crippen LogP contribution < -0.4 is 15.8 Å². The Bertz CT molecular complexity index is 437. The number of rotatable bonds is 4. The minimum Gasteiger partial charge on any atom is -0.481 e. The predicted molar refractivity (Wildman–Crippen MR) is 70.4 cm³/mol. The zero-order valence-corrected chi connectivity index (χ0v) is 10.7. The molecule has 3 rings (SSSR count). The molecule has 0 spiro atoms. The molecule has 5 nitrogen and oxygen atoms in total. The summed E-state index contributed by atoms with van der Waals surface area (Å²) >= 11 is 0. The number of aromatic nitrogens is 2. The van der Waals surface area contributed by atoms with E-state index in [1.807, 2.05) is 0 Å². The van der Waals surface area contributed by atoms with Crippen molar-refractivity contribution >= 4 is 11.8 Å². The Morgan fingerprint density at radius 3 is 2.94 bits per heavy atom. The van der Waals surface area contributed by atoms with Crippen molar-refractivity contribution in [1.82, 2.24) is 9.97 Å². The van der Waals surface area contributed by atoms with Crippen LogP contribution in [0.25, 0.3) is 0 Å².